The van der Waals surface area contributed by atoms with Crippen LogP contribution in [-0.2, 0) is 18.9 Å². The number of benzene rings is 1. The third kappa shape index (κ3) is 6.12. The third-order valence-electron chi connectivity index (χ3n) is 3.65. The zero-order valence-electron chi connectivity index (χ0n) is 15.7. The first kappa shape index (κ1) is 21.5. The van der Waals surface area contributed by atoms with Crippen LogP contribution >= 0.6 is 0 Å². The molecule has 10 nitrogen and oxygen atoms in total. The van der Waals surface area contributed by atoms with E-state index in [9.17, 15) is 14.9 Å². The van der Waals surface area contributed by atoms with Crippen LogP contribution in [0.4, 0.5) is 5.69 Å². The van der Waals surface area contributed by atoms with E-state index in [1.54, 1.807) is 7.11 Å². The number of nitro groups is 1. The van der Waals surface area contributed by atoms with Crippen molar-refractivity contribution in [2.24, 2.45) is 0 Å². The van der Waals surface area contributed by atoms with Crippen LogP contribution in [0.2, 0.25) is 0 Å². The number of esters is 1. The zero-order valence-corrected chi connectivity index (χ0v) is 15.7. The van der Waals surface area contributed by atoms with Gasteiger partial charge in [0.25, 0.3) is 5.69 Å². The number of rotatable bonds is 12. The van der Waals surface area contributed by atoms with Gasteiger partial charge in [0, 0.05) is 30.7 Å². The summed E-state index contributed by atoms with van der Waals surface area (Å²) in [5.74, 6) is -0.303. The summed E-state index contributed by atoms with van der Waals surface area (Å²) in [6.45, 7) is 2.40. The summed E-state index contributed by atoms with van der Waals surface area (Å²) >= 11 is 0. The Morgan fingerprint density at radius 3 is 2.36 bits per heavy atom. The van der Waals surface area contributed by atoms with Crippen molar-refractivity contribution < 1.29 is 33.4 Å². The highest BCUT2D eigenvalue weighted by Gasteiger charge is 2.16. The number of non-ortho nitro benzene ring substituents is 1. The number of methoxy groups -OCH3 is 2. The summed E-state index contributed by atoms with van der Waals surface area (Å²) in [7, 11) is 2.83. The third-order valence-corrected chi connectivity index (χ3v) is 3.65. The van der Waals surface area contributed by atoms with Crippen molar-refractivity contribution in [3.63, 3.8) is 0 Å². The molecule has 0 aliphatic rings. The number of hydrogen-bond acceptors (Lipinski definition) is 9. The second kappa shape index (κ2) is 11.1. The van der Waals surface area contributed by atoms with Crippen LogP contribution in [0, 0.1) is 10.1 Å². The van der Waals surface area contributed by atoms with E-state index >= 15 is 0 Å². The van der Waals surface area contributed by atoms with E-state index in [0.29, 0.717) is 44.2 Å². The summed E-state index contributed by atoms with van der Waals surface area (Å²) in [4.78, 5) is 26.4. The molecule has 0 N–H and O–H groups in total. The second-order valence-electron chi connectivity index (χ2n) is 5.52. The normalized spacial score (nSPS) is 10.8. The number of fused-ring (bicyclic) bond motifs is 1. The summed E-state index contributed by atoms with van der Waals surface area (Å²) in [5, 5.41) is 11.5. The Kier molecular flexibility index (Phi) is 8.53. The second-order valence-corrected chi connectivity index (χ2v) is 5.52. The standard InChI is InChI=1S/C18H22N2O8/c1-24-5-6-26-7-8-27-9-10-28-17-12-16(18(21)25-2)19-15-11-13(20(22)23)3-4-14(15)17/h3-4,11-12H,5-10H2,1-2H3. The first-order valence-electron chi connectivity index (χ1n) is 8.51. The summed E-state index contributed by atoms with van der Waals surface area (Å²) in [5.41, 5.74) is 0.127. The minimum atomic E-state index is -0.664. The lowest BCUT2D eigenvalue weighted by molar-refractivity contribution is -0.384. The Balaban J connectivity index is 2.01. The van der Waals surface area contributed by atoms with Crippen molar-refractivity contribution in [2.45, 2.75) is 0 Å². The summed E-state index contributed by atoms with van der Waals surface area (Å²) < 4.78 is 25.9. The lowest BCUT2D eigenvalue weighted by Gasteiger charge is -2.11. The molecule has 0 saturated heterocycles. The van der Waals surface area contributed by atoms with Crippen molar-refractivity contribution in [3.8, 4) is 5.75 Å². The van der Waals surface area contributed by atoms with Gasteiger partial charge in [-0.15, -0.1) is 0 Å². The van der Waals surface area contributed by atoms with Crippen LogP contribution in [0.1, 0.15) is 10.5 Å². The average molecular weight is 394 g/mol. The lowest BCUT2D eigenvalue weighted by atomic mass is 10.1. The number of carbonyl (C=O) groups excluding carboxylic acids is 1. The van der Waals surface area contributed by atoms with Gasteiger partial charge in [0.1, 0.15) is 12.4 Å². The zero-order chi connectivity index (χ0) is 20.4. The fraction of sp³-hybridized carbons (Fsp3) is 0.444. The van der Waals surface area contributed by atoms with Gasteiger partial charge < -0.3 is 23.7 Å². The maximum absolute atomic E-state index is 11.8. The van der Waals surface area contributed by atoms with E-state index in [1.807, 2.05) is 0 Å². The predicted molar refractivity (Wildman–Crippen MR) is 98.7 cm³/mol. The molecular formula is C18H22N2O8. The Morgan fingerprint density at radius 1 is 1.04 bits per heavy atom. The molecule has 0 bridgehead atoms. The monoisotopic (exact) mass is 394 g/mol. The van der Waals surface area contributed by atoms with Gasteiger partial charge in [0.05, 0.1) is 50.6 Å². The quantitative estimate of drug-likeness (QED) is 0.230. The molecule has 0 aliphatic heterocycles. The molecule has 0 amide bonds. The number of nitro benzene ring substituents is 1. The molecule has 2 aromatic rings. The van der Waals surface area contributed by atoms with E-state index in [4.69, 9.17) is 18.9 Å². The van der Waals surface area contributed by atoms with Gasteiger partial charge in [-0.3, -0.25) is 10.1 Å². The maximum Gasteiger partial charge on any atom is 0.356 e. The maximum atomic E-state index is 11.8. The van der Waals surface area contributed by atoms with Crippen LogP contribution in [0.15, 0.2) is 24.3 Å². The molecule has 28 heavy (non-hydrogen) atoms. The first-order chi connectivity index (χ1) is 13.6. The number of pyridine rings is 1. The summed E-state index contributed by atoms with van der Waals surface area (Å²) in [6.07, 6.45) is 0. The first-order valence-corrected chi connectivity index (χ1v) is 8.51. The van der Waals surface area contributed by atoms with Gasteiger partial charge in [-0.25, -0.2) is 9.78 Å². The van der Waals surface area contributed by atoms with Crippen molar-refractivity contribution in [1.82, 2.24) is 4.98 Å². The lowest BCUT2D eigenvalue weighted by Crippen LogP contribution is -2.13. The summed E-state index contributed by atoms with van der Waals surface area (Å²) in [6, 6.07) is 5.60. The highest BCUT2D eigenvalue weighted by atomic mass is 16.6. The number of nitrogens with zero attached hydrogens (tertiary/aromatic N) is 2. The minimum Gasteiger partial charge on any atom is -0.490 e. The van der Waals surface area contributed by atoms with E-state index in [-0.39, 0.29) is 23.5 Å². The van der Waals surface area contributed by atoms with Crippen molar-refractivity contribution in [2.75, 3.05) is 53.9 Å². The largest absolute Gasteiger partial charge is 0.490 e. The fourth-order valence-electron chi connectivity index (χ4n) is 2.30. The number of carbonyl (C=O) groups is 1. The van der Waals surface area contributed by atoms with Gasteiger partial charge in [-0.05, 0) is 6.07 Å². The molecule has 0 aliphatic carbocycles. The smallest absolute Gasteiger partial charge is 0.356 e. The highest BCUT2D eigenvalue weighted by molar-refractivity contribution is 5.94. The van der Waals surface area contributed by atoms with Crippen LogP contribution in [0.5, 0.6) is 5.75 Å². The van der Waals surface area contributed by atoms with E-state index in [0.717, 1.165) is 0 Å². The Bertz CT molecular complexity index is 812. The predicted octanol–water partition coefficient (Wildman–Crippen LogP) is 1.99. The Labute approximate surface area is 161 Å². The molecule has 152 valence electrons. The number of aromatic nitrogens is 1. The molecular weight excluding hydrogens is 372 g/mol. The SMILES string of the molecule is COCCOCCOCCOc1cc(C(=O)OC)nc2cc([N+](=O)[O-])ccc12. The topological polar surface area (TPSA) is 119 Å². The highest BCUT2D eigenvalue weighted by Crippen LogP contribution is 2.28. The molecule has 1 heterocycles. The Hall–Kier alpha value is -2.82. The van der Waals surface area contributed by atoms with Crippen molar-refractivity contribution >= 4 is 22.6 Å². The van der Waals surface area contributed by atoms with Crippen LogP contribution in [-0.4, -0.2) is 69.7 Å². The van der Waals surface area contributed by atoms with Gasteiger partial charge in [-0.2, -0.15) is 0 Å². The molecule has 0 fully saturated rings. The molecule has 1 aromatic heterocycles. The van der Waals surface area contributed by atoms with Crippen LogP contribution in [0.3, 0.4) is 0 Å². The number of ether oxygens (including phenoxy) is 5. The number of hydrogen-bond donors (Lipinski definition) is 0. The van der Waals surface area contributed by atoms with E-state index < -0.39 is 10.9 Å². The Morgan fingerprint density at radius 2 is 1.71 bits per heavy atom. The van der Waals surface area contributed by atoms with Gasteiger partial charge in [0.2, 0.25) is 0 Å². The molecule has 0 unspecified atom stereocenters. The van der Waals surface area contributed by atoms with E-state index in [2.05, 4.69) is 9.72 Å². The molecule has 0 spiro atoms. The molecule has 0 radical (unpaired) electrons. The minimum absolute atomic E-state index is 0.00189. The van der Waals surface area contributed by atoms with Crippen molar-refractivity contribution in [1.29, 1.82) is 0 Å². The molecule has 1 aromatic carbocycles. The van der Waals surface area contributed by atoms with E-state index in [1.165, 1.54) is 31.4 Å². The average Bonchev–Trinajstić information content (AvgIpc) is 2.71. The molecule has 0 atom stereocenters. The molecule has 0 saturated carbocycles. The van der Waals surface area contributed by atoms with Crippen LogP contribution < -0.4 is 4.74 Å². The molecule has 2 rings (SSSR count). The van der Waals surface area contributed by atoms with Gasteiger partial charge >= 0.3 is 5.97 Å². The van der Waals surface area contributed by atoms with Gasteiger partial charge in [-0.1, -0.05) is 0 Å². The van der Waals surface area contributed by atoms with Crippen molar-refractivity contribution in [3.05, 3.63) is 40.1 Å². The fourth-order valence-corrected chi connectivity index (χ4v) is 2.30. The van der Waals surface area contributed by atoms with Crippen LogP contribution in [0.25, 0.3) is 10.9 Å². The molecule has 10 heteroatoms. The van der Waals surface area contributed by atoms with Gasteiger partial charge in [0.15, 0.2) is 5.69 Å².